The highest BCUT2D eigenvalue weighted by Gasteiger charge is 2.38. The van der Waals surface area contributed by atoms with E-state index in [0.29, 0.717) is 17.4 Å². The van der Waals surface area contributed by atoms with Crippen LogP contribution in [0, 0.1) is 11.7 Å². The first-order valence-electron chi connectivity index (χ1n) is 6.56. The summed E-state index contributed by atoms with van der Waals surface area (Å²) in [7, 11) is 0. The summed E-state index contributed by atoms with van der Waals surface area (Å²) in [5.41, 5.74) is 0.275. The fourth-order valence-electron chi connectivity index (χ4n) is 2.47. The van der Waals surface area contributed by atoms with E-state index in [4.69, 9.17) is 0 Å². The summed E-state index contributed by atoms with van der Waals surface area (Å²) in [5.74, 6) is -1.93. The molecule has 2 rings (SSSR count). The number of amides is 1. The molecule has 0 aromatic heterocycles. The fourth-order valence-corrected chi connectivity index (χ4v) is 2.85. The molecule has 1 aliphatic rings. The van der Waals surface area contributed by atoms with Gasteiger partial charge in [0.25, 0.3) is 0 Å². The molecule has 21 heavy (non-hydrogen) atoms. The molecule has 4 nitrogen and oxygen atoms in total. The number of carboxylic acids is 1. The molecule has 1 aliphatic heterocycles. The van der Waals surface area contributed by atoms with Crippen molar-refractivity contribution in [1.29, 1.82) is 0 Å². The molecule has 112 valence electrons. The van der Waals surface area contributed by atoms with Crippen LogP contribution in [0.2, 0.25) is 0 Å². The molecule has 6 heteroatoms. The number of rotatable bonds is 3. The van der Waals surface area contributed by atoms with Gasteiger partial charge in [-0.05, 0) is 36.6 Å². The van der Waals surface area contributed by atoms with Crippen LogP contribution in [-0.2, 0) is 9.59 Å². The first-order valence-corrected chi connectivity index (χ1v) is 7.36. The fraction of sp³-hybridized carbons (Fsp3) is 0.333. The quantitative estimate of drug-likeness (QED) is 0.848. The van der Waals surface area contributed by atoms with Crippen LogP contribution in [0.5, 0.6) is 0 Å². The zero-order chi connectivity index (χ0) is 15.6. The zero-order valence-electron chi connectivity index (χ0n) is 11.4. The molecule has 1 heterocycles. The van der Waals surface area contributed by atoms with Crippen LogP contribution in [0.3, 0.4) is 0 Å². The summed E-state index contributed by atoms with van der Waals surface area (Å²) >= 11 is 3.23. The predicted octanol–water partition coefficient (Wildman–Crippen LogP) is 2.92. The SMILES string of the molecule is CC1CCN(C(=O)/C=C/c2cc(Br)ccc2F)C1C(=O)O. The number of nitrogens with zero attached hydrogens (tertiary/aromatic N) is 1. The Morgan fingerprint density at radius 1 is 1.48 bits per heavy atom. The topological polar surface area (TPSA) is 57.6 Å². The molecular weight excluding hydrogens is 341 g/mol. The Bertz CT molecular complexity index is 603. The van der Waals surface area contributed by atoms with Gasteiger partial charge in [-0.25, -0.2) is 9.18 Å². The zero-order valence-corrected chi connectivity index (χ0v) is 13.0. The van der Waals surface area contributed by atoms with Gasteiger partial charge in [0.15, 0.2) is 0 Å². The Hall–Kier alpha value is -1.69. The van der Waals surface area contributed by atoms with E-state index in [1.807, 2.05) is 6.92 Å². The maximum atomic E-state index is 13.6. The van der Waals surface area contributed by atoms with Crippen LogP contribution in [0.15, 0.2) is 28.7 Å². The summed E-state index contributed by atoms with van der Waals surface area (Å²) in [6.45, 7) is 2.21. The highest BCUT2D eigenvalue weighted by molar-refractivity contribution is 9.10. The van der Waals surface area contributed by atoms with Gasteiger partial charge < -0.3 is 10.0 Å². The van der Waals surface area contributed by atoms with E-state index in [-0.39, 0.29) is 11.5 Å². The van der Waals surface area contributed by atoms with Crippen molar-refractivity contribution in [2.45, 2.75) is 19.4 Å². The first kappa shape index (κ1) is 15.7. The lowest BCUT2D eigenvalue weighted by Crippen LogP contribution is -2.42. The number of carboxylic acid groups (broad SMARTS) is 1. The minimum atomic E-state index is -1.00. The van der Waals surface area contributed by atoms with Crippen LogP contribution < -0.4 is 0 Å². The second kappa shape index (κ2) is 6.39. The average Bonchev–Trinajstić information content (AvgIpc) is 2.81. The van der Waals surface area contributed by atoms with Gasteiger partial charge in [0.2, 0.25) is 5.91 Å². The van der Waals surface area contributed by atoms with Crippen LogP contribution in [-0.4, -0.2) is 34.5 Å². The second-order valence-corrected chi connectivity index (χ2v) is 6.00. The third-order valence-electron chi connectivity index (χ3n) is 3.60. The van der Waals surface area contributed by atoms with Gasteiger partial charge in [-0.2, -0.15) is 0 Å². The van der Waals surface area contributed by atoms with Crippen LogP contribution in [0.25, 0.3) is 6.08 Å². The van der Waals surface area contributed by atoms with E-state index in [0.717, 1.165) is 0 Å². The highest BCUT2D eigenvalue weighted by Crippen LogP contribution is 2.25. The predicted molar refractivity (Wildman–Crippen MR) is 80.1 cm³/mol. The molecule has 2 atom stereocenters. The normalized spacial score (nSPS) is 22.0. The van der Waals surface area contributed by atoms with Crippen LogP contribution in [0.1, 0.15) is 18.9 Å². The lowest BCUT2D eigenvalue weighted by Gasteiger charge is -2.21. The maximum Gasteiger partial charge on any atom is 0.326 e. The van der Waals surface area contributed by atoms with Crippen molar-refractivity contribution < 1.29 is 19.1 Å². The standard InChI is InChI=1S/C15H15BrFNO3/c1-9-6-7-18(14(9)15(20)21)13(19)5-2-10-8-11(16)3-4-12(10)17/h2-5,8-9,14H,6-7H2,1H3,(H,20,21)/b5-2+. The van der Waals surface area contributed by atoms with Crippen molar-refractivity contribution in [1.82, 2.24) is 4.90 Å². The molecule has 0 aliphatic carbocycles. The van der Waals surface area contributed by atoms with Gasteiger partial charge in [0.05, 0.1) is 0 Å². The lowest BCUT2D eigenvalue weighted by atomic mass is 10.0. The van der Waals surface area contributed by atoms with Crippen LogP contribution >= 0.6 is 15.9 Å². The van der Waals surface area contributed by atoms with Gasteiger partial charge >= 0.3 is 5.97 Å². The van der Waals surface area contributed by atoms with Crippen molar-refractivity contribution in [3.63, 3.8) is 0 Å². The number of hydrogen-bond donors (Lipinski definition) is 1. The maximum absolute atomic E-state index is 13.6. The van der Waals surface area contributed by atoms with E-state index >= 15 is 0 Å². The number of likely N-dealkylation sites (tertiary alicyclic amines) is 1. The summed E-state index contributed by atoms with van der Waals surface area (Å²) in [4.78, 5) is 24.7. The summed E-state index contributed by atoms with van der Waals surface area (Å²) < 4.78 is 14.3. The minimum absolute atomic E-state index is 0.0811. The van der Waals surface area contributed by atoms with Crippen molar-refractivity contribution in [2.24, 2.45) is 5.92 Å². The highest BCUT2D eigenvalue weighted by atomic mass is 79.9. The molecule has 2 unspecified atom stereocenters. The summed E-state index contributed by atoms with van der Waals surface area (Å²) in [6, 6.07) is 3.61. The Morgan fingerprint density at radius 2 is 2.19 bits per heavy atom. The van der Waals surface area contributed by atoms with E-state index in [1.165, 1.54) is 23.1 Å². The smallest absolute Gasteiger partial charge is 0.326 e. The molecule has 0 saturated carbocycles. The molecule has 1 aromatic carbocycles. The van der Waals surface area contributed by atoms with E-state index in [9.17, 15) is 19.1 Å². The molecule has 1 amide bonds. The third-order valence-corrected chi connectivity index (χ3v) is 4.09. The Kier molecular flexibility index (Phi) is 4.77. The minimum Gasteiger partial charge on any atom is -0.480 e. The van der Waals surface area contributed by atoms with Crippen molar-refractivity contribution >= 4 is 33.9 Å². The van der Waals surface area contributed by atoms with E-state index < -0.39 is 23.7 Å². The molecule has 0 spiro atoms. The number of carbonyl (C=O) groups is 2. The largest absolute Gasteiger partial charge is 0.480 e. The molecule has 1 aromatic rings. The van der Waals surface area contributed by atoms with Gasteiger partial charge in [0.1, 0.15) is 11.9 Å². The number of hydrogen-bond acceptors (Lipinski definition) is 2. The lowest BCUT2D eigenvalue weighted by molar-refractivity contribution is -0.147. The van der Waals surface area contributed by atoms with Gasteiger partial charge in [0, 0.05) is 22.7 Å². The molecule has 1 N–H and O–H groups in total. The third kappa shape index (κ3) is 3.50. The Balaban J connectivity index is 2.16. The molecule has 0 bridgehead atoms. The van der Waals surface area contributed by atoms with Gasteiger partial charge in [-0.1, -0.05) is 22.9 Å². The Labute approximate surface area is 130 Å². The molecule has 1 saturated heterocycles. The number of aliphatic carboxylic acids is 1. The second-order valence-electron chi connectivity index (χ2n) is 5.08. The number of halogens is 2. The summed E-state index contributed by atoms with van der Waals surface area (Å²) in [6.07, 6.45) is 3.24. The van der Waals surface area contributed by atoms with Crippen molar-refractivity contribution in [2.75, 3.05) is 6.54 Å². The molecular formula is C15H15BrFNO3. The van der Waals surface area contributed by atoms with Gasteiger partial charge in [-0.15, -0.1) is 0 Å². The average molecular weight is 356 g/mol. The van der Waals surface area contributed by atoms with E-state index in [1.54, 1.807) is 12.1 Å². The monoisotopic (exact) mass is 355 g/mol. The van der Waals surface area contributed by atoms with Crippen molar-refractivity contribution in [3.05, 3.63) is 40.1 Å². The van der Waals surface area contributed by atoms with Gasteiger partial charge in [-0.3, -0.25) is 4.79 Å². The molecule has 1 fully saturated rings. The molecule has 0 radical (unpaired) electrons. The van der Waals surface area contributed by atoms with Crippen molar-refractivity contribution in [3.8, 4) is 0 Å². The van der Waals surface area contributed by atoms with E-state index in [2.05, 4.69) is 15.9 Å². The first-order chi connectivity index (χ1) is 9.90. The Morgan fingerprint density at radius 3 is 2.86 bits per heavy atom. The number of benzene rings is 1. The summed E-state index contributed by atoms with van der Waals surface area (Å²) in [5, 5.41) is 9.18. The van der Waals surface area contributed by atoms with Crippen LogP contribution in [0.4, 0.5) is 4.39 Å². The number of carbonyl (C=O) groups excluding carboxylic acids is 1.